The summed E-state index contributed by atoms with van der Waals surface area (Å²) in [6.07, 6.45) is 5.04. The van der Waals surface area contributed by atoms with Gasteiger partial charge >= 0.3 is 0 Å². The summed E-state index contributed by atoms with van der Waals surface area (Å²) in [5.41, 5.74) is 1.43. The van der Waals surface area contributed by atoms with Gasteiger partial charge in [-0.05, 0) is 25.2 Å². The number of fused-ring (bicyclic) bond motifs is 1. The minimum Gasteiger partial charge on any atom is -0.479 e. The Morgan fingerprint density at radius 2 is 2.24 bits per heavy atom. The lowest BCUT2D eigenvalue weighted by Gasteiger charge is -2.07. The van der Waals surface area contributed by atoms with Crippen LogP contribution in [-0.4, -0.2) is 39.8 Å². The zero-order valence-corrected chi connectivity index (χ0v) is 12.8. The number of ether oxygens (including phenoxy) is 2. The molecule has 2 aromatic rings. The Bertz CT molecular complexity index is 612. The molecular formula is C14H19ClN4O2. The maximum atomic E-state index is 5.99. The predicted molar refractivity (Wildman–Crippen MR) is 79.6 cm³/mol. The smallest absolute Gasteiger partial charge is 0.245 e. The number of nitrogens with zero attached hydrogens (tertiary/aromatic N) is 4. The highest BCUT2D eigenvalue weighted by Crippen LogP contribution is 2.28. The van der Waals surface area contributed by atoms with Crippen molar-refractivity contribution in [3.05, 3.63) is 12.2 Å². The van der Waals surface area contributed by atoms with Crippen LogP contribution < -0.4 is 4.74 Å². The largest absolute Gasteiger partial charge is 0.479 e. The first-order valence-corrected chi connectivity index (χ1v) is 7.74. The van der Waals surface area contributed by atoms with E-state index in [1.54, 1.807) is 7.11 Å². The fourth-order valence-corrected chi connectivity index (χ4v) is 2.51. The lowest BCUT2D eigenvalue weighted by atomic mass is 10.4. The van der Waals surface area contributed by atoms with Crippen molar-refractivity contribution in [3.63, 3.8) is 0 Å². The predicted octanol–water partition coefficient (Wildman–Crippen LogP) is 2.39. The van der Waals surface area contributed by atoms with Gasteiger partial charge in [0, 0.05) is 19.8 Å². The van der Waals surface area contributed by atoms with Crippen LogP contribution in [0.3, 0.4) is 0 Å². The van der Waals surface area contributed by atoms with Crippen LogP contribution in [0.2, 0.25) is 0 Å². The molecule has 1 saturated carbocycles. The van der Waals surface area contributed by atoms with Crippen molar-refractivity contribution in [3.8, 4) is 5.88 Å². The molecule has 0 spiro atoms. The summed E-state index contributed by atoms with van der Waals surface area (Å²) in [6.45, 7) is 2.42. The van der Waals surface area contributed by atoms with Crippen molar-refractivity contribution in [1.29, 1.82) is 0 Å². The molecule has 114 valence electrons. The Labute approximate surface area is 128 Å². The zero-order valence-electron chi connectivity index (χ0n) is 12.1. The molecule has 0 saturated heterocycles. The second-order valence-corrected chi connectivity index (χ2v) is 5.51. The number of hydrogen-bond acceptors (Lipinski definition) is 5. The molecule has 0 atom stereocenters. The Hall–Kier alpha value is -1.40. The third kappa shape index (κ3) is 3.27. The average Bonchev–Trinajstić information content (AvgIpc) is 3.26. The average molecular weight is 311 g/mol. The van der Waals surface area contributed by atoms with Gasteiger partial charge in [0.15, 0.2) is 11.2 Å². The van der Waals surface area contributed by atoms with E-state index in [0.717, 1.165) is 43.6 Å². The molecule has 7 heteroatoms. The molecule has 3 rings (SSSR count). The Morgan fingerprint density at radius 1 is 1.38 bits per heavy atom. The number of alkyl halides is 1. The zero-order chi connectivity index (χ0) is 14.7. The summed E-state index contributed by atoms with van der Waals surface area (Å²) in [6, 6.07) is 0. The van der Waals surface area contributed by atoms with E-state index in [2.05, 4.69) is 15.0 Å². The fourth-order valence-electron chi connectivity index (χ4n) is 2.31. The lowest BCUT2D eigenvalue weighted by Crippen LogP contribution is -2.07. The highest BCUT2D eigenvalue weighted by Gasteiger charge is 2.21. The molecule has 0 radical (unpaired) electrons. The quantitative estimate of drug-likeness (QED) is 0.553. The van der Waals surface area contributed by atoms with Crippen LogP contribution in [0.15, 0.2) is 6.33 Å². The SMILES string of the molecule is COc1ncnc2c1nc(CCl)n2CCCOCC1CC1. The van der Waals surface area contributed by atoms with Crippen LogP contribution in [0, 0.1) is 5.92 Å². The molecular weight excluding hydrogens is 292 g/mol. The third-order valence-electron chi connectivity index (χ3n) is 3.61. The molecule has 0 N–H and O–H groups in total. The normalized spacial score (nSPS) is 14.8. The number of imidazole rings is 1. The van der Waals surface area contributed by atoms with Crippen molar-refractivity contribution < 1.29 is 9.47 Å². The Morgan fingerprint density at radius 3 is 2.95 bits per heavy atom. The molecule has 2 aromatic heterocycles. The van der Waals surface area contributed by atoms with Crippen molar-refractivity contribution in [2.45, 2.75) is 31.7 Å². The van der Waals surface area contributed by atoms with Crippen LogP contribution in [0.5, 0.6) is 5.88 Å². The van der Waals surface area contributed by atoms with Gasteiger partial charge in [0.05, 0.1) is 13.0 Å². The maximum Gasteiger partial charge on any atom is 0.245 e. The molecule has 2 heterocycles. The first kappa shape index (κ1) is 14.5. The van der Waals surface area contributed by atoms with Crippen LogP contribution in [-0.2, 0) is 17.2 Å². The topological polar surface area (TPSA) is 62.1 Å². The standard InChI is InChI=1S/C14H19ClN4O2/c1-20-14-12-13(16-9-17-14)19(11(7-15)18-12)5-2-6-21-8-10-3-4-10/h9-10H,2-8H2,1H3. The van der Waals surface area contributed by atoms with Gasteiger partial charge in [0.25, 0.3) is 0 Å². The van der Waals surface area contributed by atoms with Crippen molar-refractivity contribution >= 4 is 22.8 Å². The van der Waals surface area contributed by atoms with E-state index in [9.17, 15) is 0 Å². The minimum absolute atomic E-state index is 0.336. The molecule has 6 nitrogen and oxygen atoms in total. The highest BCUT2D eigenvalue weighted by molar-refractivity contribution is 6.16. The van der Waals surface area contributed by atoms with Gasteiger partial charge in [0.1, 0.15) is 12.2 Å². The number of halogens is 1. The number of rotatable bonds is 8. The molecule has 0 bridgehead atoms. The first-order chi connectivity index (χ1) is 10.3. The second kappa shape index (κ2) is 6.58. The van der Waals surface area contributed by atoms with E-state index < -0.39 is 0 Å². The summed E-state index contributed by atoms with van der Waals surface area (Å²) < 4.78 is 12.9. The molecule has 1 aliphatic rings. The van der Waals surface area contributed by atoms with E-state index in [-0.39, 0.29) is 0 Å². The van der Waals surface area contributed by atoms with E-state index in [1.807, 2.05) is 4.57 Å². The lowest BCUT2D eigenvalue weighted by molar-refractivity contribution is 0.119. The highest BCUT2D eigenvalue weighted by atomic mass is 35.5. The molecule has 1 fully saturated rings. The summed E-state index contributed by atoms with van der Waals surface area (Å²) in [4.78, 5) is 12.9. The van der Waals surface area contributed by atoms with Gasteiger partial charge in [-0.1, -0.05) is 0 Å². The van der Waals surface area contributed by atoms with Gasteiger partial charge in [0.2, 0.25) is 5.88 Å². The summed E-state index contributed by atoms with van der Waals surface area (Å²) >= 11 is 5.99. The number of hydrogen-bond donors (Lipinski definition) is 0. The molecule has 21 heavy (non-hydrogen) atoms. The van der Waals surface area contributed by atoms with E-state index in [4.69, 9.17) is 21.1 Å². The van der Waals surface area contributed by atoms with E-state index >= 15 is 0 Å². The number of aryl methyl sites for hydroxylation is 1. The van der Waals surface area contributed by atoms with Gasteiger partial charge < -0.3 is 14.0 Å². The van der Waals surface area contributed by atoms with Gasteiger partial charge in [-0.25, -0.2) is 9.97 Å². The van der Waals surface area contributed by atoms with Gasteiger partial charge in [-0.2, -0.15) is 4.98 Å². The first-order valence-electron chi connectivity index (χ1n) is 7.21. The maximum absolute atomic E-state index is 5.99. The van der Waals surface area contributed by atoms with Crippen molar-refractivity contribution in [2.75, 3.05) is 20.3 Å². The van der Waals surface area contributed by atoms with E-state index in [1.165, 1.54) is 19.2 Å². The number of methoxy groups -OCH3 is 1. The van der Waals surface area contributed by atoms with Crippen LogP contribution >= 0.6 is 11.6 Å². The molecule has 0 amide bonds. The Kier molecular flexibility index (Phi) is 4.55. The molecule has 0 aromatic carbocycles. The molecule has 0 unspecified atom stereocenters. The van der Waals surface area contributed by atoms with Gasteiger partial charge in [-0.3, -0.25) is 0 Å². The number of aromatic nitrogens is 4. The molecule has 1 aliphatic carbocycles. The second-order valence-electron chi connectivity index (χ2n) is 5.24. The van der Waals surface area contributed by atoms with Gasteiger partial charge in [-0.15, -0.1) is 11.6 Å². The monoisotopic (exact) mass is 310 g/mol. The van der Waals surface area contributed by atoms with Crippen LogP contribution in [0.4, 0.5) is 0 Å². The van der Waals surface area contributed by atoms with Crippen LogP contribution in [0.1, 0.15) is 25.1 Å². The van der Waals surface area contributed by atoms with Crippen molar-refractivity contribution in [2.24, 2.45) is 5.92 Å². The fraction of sp³-hybridized carbons (Fsp3) is 0.643. The Balaban J connectivity index is 1.70. The summed E-state index contributed by atoms with van der Waals surface area (Å²) in [5, 5.41) is 0. The summed E-state index contributed by atoms with van der Waals surface area (Å²) in [5.74, 6) is 2.40. The van der Waals surface area contributed by atoms with E-state index in [0.29, 0.717) is 17.3 Å². The summed E-state index contributed by atoms with van der Waals surface area (Å²) in [7, 11) is 1.58. The molecule has 0 aliphatic heterocycles. The van der Waals surface area contributed by atoms with Crippen molar-refractivity contribution in [1.82, 2.24) is 19.5 Å². The van der Waals surface area contributed by atoms with Crippen LogP contribution in [0.25, 0.3) is 11.2 Å². The third-order valence-corrected chi connectivity index (χ3v) is 3.85. The minimum atomic E-state index is 0.336.